The second kappa shape index (κ2) is 6.97. The van der Waals surface area contributed by atoms with Gasteiger partial charge in [-0.05, 0) is 44.4 Å². The molecule has 3 atom stereocenters. The van der Waals surface area contributed by atoms with E-state index in [2.05, 4.69) is 10.2 Å². The van der Waals surface area contributed by atoms with Crippen LogP contribution in [0.1, 0.15) is 32.1 Å². The molecule has 3 fully saturated rings. The first kappa shape index (κ1) is 15.1. The largest absolute Gasteiger partial charge is 0.395 e. The second-order valence-electron chi connectivity index (χ2n) is 6.49. The molecule has 0 amide bonds. The lowest BCUT2D eigenvalue weighted by molar-refractivity contribution is -0.0915. The molecule has 1 spiro atoms. The van der Waals surface area contributed by atoms with Gasteiger partial charge in [0.05, 0.1) is 12.2 Å². The van der Waals surface area contributed by atoms with Gasteiger partial charge >= 0.3 is 0 Å². The minimum absolute atomic E-state index is 0.143. The molecule has 0 saturated carbocycles. The number of rotatable bonds is 5. The Hall–Kier alpha value is 0.190. The summed E-state index contributed by atoms with van der Waals surface area (Å²) in [5, 5.41) is 13.0. The van der Waals surface area contributed by atoms with E-state index < -0.39 is 0 Å². The van der Waals surface area contributed by atoms with Crippen molar-refractivity contribution in [2.45, 2.75) is 49.8 Å². The summed E-state index contributed by atoms with van der Waals surface area (Å²) in [7, 11) is 0. The summed E-state index contributed by atoms with van der Waals surface area (Å²) in [5.74, 6) is 2.41. The number of aliphatic hydroxyl groups excluding tert-OH is 1. The first-order chi connectivity index (χ1) is 9.81. The molecule has 3 heterocycles. The maximum atomic E-state index is 9.40. The topological polar surface area (TPSA) is 44.7 Å². The molecule has 4 nitrogen and oxygen atoms in total. The van der Waals surface area contributed by atoms with Gasteiger partial charge in [0.15, 0.2) is 0 Å². The predicted molar refractivity (Wildman–Crippen MR) is 83.3 cm³/mol. The van der Waals surface area contributed by atoms with E-state index in [9.17, 15) is 5.11 Å². The van der Waals surface area contributed by atoms with Crippen LogP contribution in [-0.4, -0.2) is 72.0 Å². The first-order valence-corrected chi connectivity index (χ1v) is 9.27. The molecular formula is C15H28N2O2S. The normalized spacial score (nSPS) is 38.1. The van der Waals surface area contributed by atoms with Crippen molar-refractivity contribution in [1.82, 2.24) is 10.2 Å². The van der Waals surface area contributed by atoms with Crippen LogP contribution in [0.3, 0.4) is 0 Å². The Labute approximate surface area is 126 Å². The maximum Gasteiger partial charge on any atom is 0.0795 e. The monoisotopic (exact) mass is 300 g/mol. The van der Waals surface area contributed by atoms with Gasteiger partial charge in [0.25, 0.3) is 0 Å². The zero-order chi connectivity index (χ0) is 13.8. The van der Waals surface area contributed by atoms with Crippen molar-refractivity contribution in [3.05, 3.63) is 0 Å². The molecule has 0 aromatic carbocycles. The molecule has 3 unspecified atom stereocenters. The fourth-order valence-corrected chi connectivity index (χ4v) is 5.30. The van der Waals surface area contributed by atoms with E-state index in [1.807, 2.05) is 11.8 Å². The highest BCUT2D eigenvalue weighted by Gasteiger charge is 2.42. The van der Waals surface area contributed by atoms with E-state index in [1.54, 1.807) is 0 Å². The number of aliphatic hydroxyl groups is 1. The van der Waals surface area contributed by atoms with E-state index in [0.29, 0.717) is 12.1 Å². The highest BCUT2D eigenvalue weighted by atomic mass is 32.2. The summed E-state index contributed by atoms with van der Waals surface area (Å²) in [6, 6.07) is 1.22. The van der Waals surface area contributed by atoms with Crippen molar-refractivity contribution < 1.29 is 9.84 Å². The number of nitrogens with zero attached hydrogens (tertiary/aromatic N) is 1. The van der Waals surface area contributed by atoms with Gasteiger partial charge in [0.1, 0.15) is 0 Å². The van der Waals surface area contributed by atoms with Gasteiger partial charge in [0, 0.05) is 37.5 Å². The van der Waals surface area contributed by atoms with Crippen molar-refractivity contribution in [3.63, 3.8) is 0 Å². The van der Waals surface area contributed by atoms with Crippen LogP contribution in [0.2, 0.25) is 0 Å². The van der Waals surface area contributed by atoms with Crippen LogP contribution in [0.5, 0.6) is 0 Å². The van der Waals surface area contributed by atoms with E-state index in [0.717, 1.165) is 44.8 Å². The van der Waals surface area contributed by atoms with Gasteiger partial charge in [-0.1, -0.05) is 0 Å². The quantitative estimate of drug-likeness (QED) is 0.796. The molecule has 116 valence electrons. The van der Waals surface area contributed by atoms with Crippen molar-refractivity contribution in [2.24, 2.45) is 0 Å². The zero-order valence-corrected chi connectivity index (χ0v) is 13.2. The van der Waals surface area contributed by atoms with Crippen LogP contribution in [-0.2, 0) is 4.74 Å². The molecule has 0 bridgehead atoms. The third kappa shape index (κ3) is 3.50. The smallest absolute Gasteiger partial charge is 0.0795 e. The molecule has 3 saturated heterocycles. The van der Waals surface area contributed by atoms with Gasteiger partial charge in [0.2, 0.25) is 0 Å². The molecule has 0 radical (unpaired) electrons. The number of ether oxygens (including phenoxy) is 1. The minimum Gasteiger partial charge on any atom is -0.395 e. The van der Waals surface area contributed by atoms with E-state index >= 15 is 0 Å². The SMILES string of the molecule is OCCN(CC1CCCN1)C1CCOC2(CCSC2)C1. The van der Waals surface area contributed by atoms with E-state index in [4.69, 9.17) is 4.74 Å². The molecule has 20 heavy (non-hydrogen) atoms. The lowest BCUT2D eigenvalue weighted by Crippen LogP contribution is -2.52. The molecular weight excluding hydrogens is 272 g/mol. The van der Waals surface area contributed by atoms with Crippen LogP contribution < -0.4 is 5.32 Å². The van der Waals surface area contributed by atoms with Crippen molar-refractivity contribution in [2.75, 3.05) is 44.4 Å². The van der Waals surface area contributed by atoms with Crippen molar-refractivity contribution in [3.8, 4) is 0 Å². The summed E-state index contributed by atoms with van der Waals surface area (Å²) in [6.07, 6.45) is 6.08. The number of thioether (sulfide) groups is 1. The molecule has 2 N–H and O–H groups in total. The molecule has 0 aliphatic carbocycles. The summed E-state index contributed by atoms with van der Waals surface area (Å²) in [5.41, 5.74) is 0.143. The highest BCUT2D eigenvalue weighted by Crippen LogP contribution is 2.39. The Balaban J connectivity index is 1.60. The first-order valence-electron chi connectivity index (χ1n) is 8.11. The van der Waals surface area contributed by atoms with Crippen molar-refractivity contribution >= 4 is 11.8 Å². The van der Waals surface area contributed by atoms with Gasteiger partial charge in [-0.15, -0.1) is 0 Å². The Kier molecular flexibility index (Phi) is 5.26. The molecule has 3 aliphatic rings. The third-order valence-corrected chi connectivity index (χ3v) is 6.28. The Morgan fingerprint density at radius 1 is 1.40 bits per heavy atom. The fraction of sp³-hybridized carbons (Fsp3) is 1.00. The van der Waals surface area contributed by atoms with Crippen LogP contribution in [0, 0.1) is 0 Å². The zero-order valence-electron chi connectivity index (χ0n) is 12.4. The Morgan fingerprint density at radius 3 is 3.05 bits per heavy atom. The van der Waals surface area contributed by atoms with Gasteiger partial charge in [-0.25, -0.2) is 0 Å². The average molecular weight is 300 g/mol. The fourth-order valence-electron chi connectivity index (χ4n) is 3.92. The minimum atomic E-state index is 0.143. The Bertz CT molecular complexity index is 302. The number of hydrogen-bond donors (Lipinski definition) is 2. The number of hydrogen-bond acceptors (Lipinski definition) is 5. The number of nitrogens with one attached hydrogen (secondary N) is 1. The van der Waals surface area contributed by atoms with Crippen LogP contribution in [0.4, 0.5) is 0 Å². The average Bonchev–Trinajstić information content (AvgIpc) is 3.11. The summed E-state index contributed by atoms with van der Waals surface area (Å²) < 4.78 is 6.13. The summed E-state index contributed by atoms with van der Waals surface area (Å²) in [6.45, 7) is 4.23. The van der Waals surface area contributed by atoms with Gasteiger partial charge in [-0.2, -0.15) is 11.8 Å². The summed E-state index contributed by atoms with van der Waals surface area (Å²) in [4.78, 5) is 2.52. The Morgan fingerprint density at radius 2 is 2.35 bits per heavy atom. The van der Waals surface area contributed by atoms with Gasteiger partial charge in [-0.3, -0.25) is 4.90 Å². The second-order valence-corrected chi connectivity index (χ2v) is 7.60. The standard InChI is InChI=1S/C15H28N2O2S/c18-7-6-17(11-13-2-1-5-16-13)14-3-8-19-15(10-14)4-9-20-12-15/h13-14,16,18H,1-12H2. The molecule has 3 rings (SSSR count). The lowest BCUT2D eigenvalue weighted by Gasteiger charge is -2.43. The highest BCUT2D eigenvalue weighted by molar-refractivity contribution is 7.99. The van der Waals surface area contributed by atoms with E-state index in [1.165, 1.54) is 25.0 Å². The van der Waals surface area contributed by atoms with E-state index in [-0.39, 0.29) is 12.2 Å². The van der Waals surface area contributed by atoms with Gasteiger partial charge < -0.3 is 15.2 Å². The van der Waals surface area contributed by atoms with Crippen LogP contribution in [0.25, 0.3) is 0 Å². The molecule has 5 heteroatoms. The molecule has 0 aromatic heterocycles. The predicted octanol–water partition coefficient (Wildman–Crippen LogP) is 1.09. The van der Waals surface area contributed by atoms with Crippen molar-refractivity contribution in [1.29, 1.82) is 0 Å². The lowest BCUT2D eigenvalue weighted by atomic mass is 9.88. The summed E-state index contributed by atoms with van der Waals surface area (Å²) >= 11 is 2.03. The molecule has 0 aromatic rings. The molecule has 3 aliphatic heterocycles. The van der Waals surface area contributed by atoms with Crippen LogP contribution in [0.15, 0.2) is 0 Å². The maximum absolute atomic E-state index is 9.40. The van der Waals surface area contributed by atoms with Crippen LogP contribution >= 0.6 is 11.8 Å². The third-order valence-electron chi connectivity index (χ3n) is 5.05.